The molecular formula is C39H39FN8O7S2. The lowest BCUT2D eigenvalue weighted by atomic mass is 10.0. The van der Waals surface area contributed by atoms with Crippen molar-refractivity contribution in [3.63, 3.8) is 0 Å². The SMILES string of the molecule is Cc1nc(SCC(=O)O)c2cc(C#CCNC(=O)CCOCCNCC(=O)N3CCN(C(=O)c4cc(Cc5n[nH]c(=O)c6ccccc56)ccc4F)CC3)sc2n1. The lowest BCUT2D eigenvalue weighted by Gasteiger charge is -2.35. The molecule has 2 aromatic carbocycles. The zero-order valence-electron chi connectivity index (χ0n) is 30.9. The summed E-state index contributed by atoms with van der Waals surface area (Å²) in [5, 5.41) is 24.0. The first-order chi connectivity index (χ1) is 27.5. The molecule has 3 amide bonds. The molecule has 57 heavy (non-hydrogen) atoms. The van der Waals surface area contributed by atoms with Crippen LogP contribution in [0.25, 0.3) is 21.0 Å². The number of carbonyl (C=O) groups excluding carboxylic acids is 3. The predicted molar refractivity (Wildman–Crippen MR) is 213 cm³/mol. The highest BCUT2D eigenvalue weighted by molar-refractivity contribution is 8.00. The summed E-state index contributed by atoms with van der Waals surface area (Å²) in [5.41, 5.74) is 0.911. The van der Waals surface area contributed by atoms with E-state index in [2.05, 4.69) is 42.6 Å². The van der Waals surface area contributed by atoms with Gasteiger partial charge in [0.2, 0.25) is 11.8 Å². The minimum Gasteiger partial charge on any atom is -0.481 e. The van der Waals surface area contributed by atoms with Crippen molar-refractivity contribution in [1.82, 2.24) is 40.6 Å². The quantitative estimate of drug-likeness (QED) is 0.0522. The minimum atomic E-state index is -0.931. The molecule has 0 aliphatic carbocycles. The van der Waals surface area contributed by atoms with Crippen molar-refractivity contribution in [2.45, 2.75) is 24.8 Å². The Morgan fingerprint density at radius 2 is 1.79 bits per heavy atom. The first-order valence-electron chi connectivity index (χ1n) is 18.0. The second-order valence-electron chi connectivity index (χ2n) is 12.9. The van der Waals surface area contributed by atoms with Crippen LogP contribution in [0, 0.1) is 24.6 Å². The Kier molecular flexibility index (Phi) is 13.9. The normalized spacial score (nSPS) is 12.7. The molecule has 1 fully saturated rings. The summed E-state index contributed by atoms with van der Waals surface area (Å²) in [6, 6.07) is 13.3. The highest BCUT2D eigenvalue weighted by Crippen LogP contribution is 2.31. The fourth-order valence-corrected chi connectivity index (χ4v) is 7.84. The molecule has 15 nitrogen and oxygen atoms in total. The molecule has 1 aliphatic heterocycles. The fraction of sp³-hybridized carbons (Fsp3) is 0.333. The van der Waals surface area contributed by atoms with Gasteiger partial charge in [-0.15, -0.1) is 11.3 Å². The van der Waals surface area contributed by atoms with Crippen molar-refractivity contribution in [1.29, 1.82) is 0 Å². The van der Waals surface area contributed by atoms with Crippen LogP contribution in [0.4, 0.5) is 4.39 Å². The Balaban J connectivity index is 0.854. The lowest BCUT2D eigenvalue weighted by molar-refractivity contribution is -0.134. The van der Waals surface area contributed by atoms with Crippen molar-refractivity contribution in [3.8, 4) is 11.8 Å². The van der Waals surface area contributed by atoms with Gasteiger partial charge in [-0.3, -0.25) is 24.0 Å². The van der Waals surface area contributed by atoms with Gasteiger partial charge in [0.25, 0.3) is 11.5 Å². The van der Waals surface area contributed by atoms with Crippen molar-refractivity contribution in [3.05, 3.63) is 92.2 Å². The molecule has 0 atom stereocenters. The summed E-state index contributed by atoms with van der Waals surface area (Å²) in [5.74, 6) is 3.98. The number of nitrogens with zero attached hydrogens (tertiary/aromatic N) is 5. The zero-order valence-corrected chi connectivity index (χ0v) is 32.6. The minimum absolute atomic E-state index is 0.0608. The highest BCUT2D eigenvalue weighted by atomic mass is 32.2. The first kappa shape index (κ1) is 40.9. The number of thiophene rings is 1. The van der Waals surface area contributed by atoms with E-state index in [1.807, 2.05) is 12.1 Å². The second-order valence-corrected chi connectivity index (χ2v) is 14.9. The standard InChI is InChI=1S/C39H39FN8O7S2/c1-24-43-37(56-23-35(51)52)30-21-26(57-38(30)44-24)5-4-11-42-33(49)10-17-55-18-12-41-22-34(50)47-13-15-48(16-14-47)39(54)29-19-25(8-9-31(29)40)20-32-27-6-2-3-7-28(27)36(53)46-45-32/h2-3,6-9,19,21,41H,10-18,20,22-23H2,1H3,(H,42,49)(H,46,53)(H,51,52). The van der Waals surface area contributed by atoms with E-state index in [0.29, 0.717) is 59.1 Å². The van der Waals surface area contributed by atoms with Gasteiger partial charge in [-0.2, -0.15) is 5.10 Å². The third kappa shape index (κ3) is 11.0. The van der Waals surface area contributed by atoms with Crippen molar-refractivity contribution >= 4 is 67.8 Å². The molecule has 0 spiro atoms. The van der Waals surface area contributed by atoms with Crippen LogP contribution >= 0.6 is 23.1 Å². The molecule has 0 saturated carbocycles. The summed E-state index contributed by atoms with van der Waals surface area (Å²) in [7, 11) is 0. The van der Waals surface area contributed by atoms with Gasteiger partial charge in [-0.1, -0.05) is 47.9 Å². The highest BCUT2D eigenvalue weighted by Gasteiger charge is 2.26. The van der Waals surface area contributed by atoms with E-state index in [0.717, 1.165) is 26.9 Å². The fourth-order valence-electron chi connectivity index (χ4n) is 6.05. The van der Waals surface area contributed by atoms with Gasteiger partial charge in [0.05, 0.1) is 53.6 Å². The molecule has 0 unspecified atom stereocenters. The summed E-state index contributed by atoms with van der Waals surface area (Å²) < 4.78 is 20.4. The number of aromatic amines is 1. The molecule has 4 N–H and O–H groups in total. The number of hydrogen-bond acceptors (Lipinski definition) is 12. The largest absolute Gasteiger partial charge is 0.481 e. The van der Waals surface area contributed by atoms with Crippen LogP contribution in [-0.2, 0) is 25.5 Å². The number of carbonyl (C=O) groups is 4. The Bertz CT molecular complexity index is 2420. The Hall–Kier alpha value is -5.74. The molecule has 0 radical (unpaired) electrons. The number of aromatic nitrogens is 4. The zero-order chi connectivity index (χ0) is 40.3. The Labute approximate surface area is 334 Å². The van der Waals surface area contributed by atoms with E-state index in [1.165, 1.54) is 28.4 Å². The van der Waals surface area contributed by atoms with Crippen LogP contribution in [0.1, 0.15) is 38.7 Å². The van der Waals surface area contributed by atoms with Gasteiger partial charge in [0.1, 0.15) is 21.5 Å². The van der Waals surface area contributed by atoms with E-state index < -0.39 is 17.7 Å². The first-order valence-corrected chi connectivity index (χ1v) is 19.8. The molecule has 4 heterocycles. The second kappa shape index (κ2) is 19.4. The van der Waals surface area contributed by atoms with Crippen LogP contribution in [0.15, 0.2) is 58.4 Å². The summed E-state index contributed by atoms with van der Waals surface area (Å²) >= 11 is 2.50. The number of halogens is 1. The Morgan fingerprint density at radius 1 is 1.02 bits per heavy atom. The molecule has 1 aliphatic rings. The molecular weight excluding hydrogens is 776 g/mol. The molecule has 18 heteroatoms. The Morgan fingerprint density at radius 3 is 2.58 bits per heavy atom. The number of thioether (sulfide) groups is 1. The summed E-state index contributed by atoms with van der Waals surface area (Å²) in [6.45, 7) is 3.99. The number of piperazine rings is 1. The molecule has 0 bridgehead atoms. The topological polar surface area (TPSA) is 200 Å². The van der Waals surface area contributed by atoms with Gasteiger partial charge in [0, 0.05) is 56.3 Å². The van der Waals surface area contributed by atoms with Crippen LogP contribution < -0.4 is 16.2 Å². The van der Waals surface area contributed by atoms with Crippen molar-refractivity contribution in [2.75, 3.05) is 64.8 Å². The van der Waals surface area contributed by atoms with E-state index in [1.54, 1.807) is 36.1 Å². The van der Waals surface area contributed by atoms with Gasteiger partial charge in [-0.25, -0.2) is 19.5 Å². The number of amides is 3. The smallest absolute Gasteiger partial charge is 0.313 e. The molecule has 296 valence electrons. The maximum Gasteiger partial charge on any atom is 0.313 e. The lowest BCUT2D eigenvalue weighted by Crippen LogP contribution is -2.52. The molecule has 1 saturated heterocycles. The summed E-state index contributed by atoms with van der Waals surface area (Å²) in [4.78, 5) is 74.9. The average molecular weight is 815 g/mol. The molecule has 3 aromatic heterocycles. The number of hydrogen-bond donors (Lipinski definition) is 4. The van der Waals surface area contributed by atoms with E-state index in [4.69, 9.17) is 9.84 Å². The molecule has 5 aromatic rings. The number of benzene rings is 2. The summed E-state index contributed by atoms with van der Waals surface area (Å²) in [6.07, 6.45) is 0.431. The van der Waals surface area contributed by atoms with Crippen LogP contribution in [-0.4, -0.2) is 124 Å². The van der Waals surface area contributed by atoms with Crippen molar-refractivity contribution in [2.24, 2.45) is 0 Å². The van der Waals surface area contributed by atoms with E-state index in [-0.39, 0.29) is 74.3 Å². The van der Waals surface area contributed by atoms with Gasteiger partial charge >= 0.3 is 5.97 Å². The maximum absolute atomic E-state index is 14.9. The van der Waals surface area contributed by atoms with Crippen LogP contribution in [0.5, 0.6) is 0 Å². The third-order valence-electron chi connectivity index (χ3n) is 8.89. The number of aliphatic carboxylic acids is 1. The number of aryl methyl sites for hydroxylation is 1. The number of carboxylic acids is 1. The predicted octanol–water partition coefficient (Wildman–Crippen LogP) is 2.59. The maximum atomic E-state index is 14.9. The van der Waals surface area contributed by atoms with E-state index >= 15 is 0 Å². The number of rotatable bonds is 15. The monoisotopic (exact) mass is 814 g/mol. The molecule has 6 rings (SSSR count). The van der Waals surface area contributed by atoms with E-state index in [9.17, 15) is 28.4 Å². The van der Waals surface area contributed by atoms with Gasteiger partial charge < -0.3 is 30.3 Å². The number of carboxylic acid groups (broad SMARTS) is 1. The average Bonchev–Trinajstić information content (AvgIpc) is 3.62. The number of ether oxygens (including phenoxy) is 1. The van der Waals surface area contributed by atoms with Crippen LogP contribution in [0.2, 0.25) is 0 Å². The third-order valence-corrected chi connectivity index (χ3v) is 10.8. The number of fused-ring (bicyclic) bond motifs is 2. The van der Waals surface area contributed by atoms with Gasteiger partial charge in [0.15, 0.2) is 0 Å². The number of nitrogens with one attached hydrogen (secondary N) is 3. The van der Waals surface area contributed by atoms with Gasteiger partial charge in [-0.05, 0) is 36.8 Å². The number of H-pyrrole nitrogens is 1. The van der Waals surface area contributed by atoms with Crippen LogP contribution in [0.3, 0.4) is 0 Å². The van der Waals surface area contributed by atoms with Crippen molar-refractivity contribution < 1.29 is 33.4 Å².